The standard InChI is InChI=1S/4BH4.Li.Sc/h4*1H4;;/q4*-1;+1;+3. The first-order chi connectivity index (χ1) is 0. The van der Waals surface area contributed by atoms with Gasteiger partial charge in [-0.05, 0) is 0 Å². The quantitative estimate of drug-likeness (QED) is 0.272. The van der Waals surface area contributed by atoms with Crippen molar-refractivity contribution in [3.63, 3.8) is 0 Å². The van der Waals surface area contributed by atoms with Gasteiger partial charge >= 0.3 is 44.7 Å². The summed E-state index contributed by atoms with van der Waals surface area (Å²) in [6, 6.07) is 0. The summed E-state index contributed by atoms with van der Waals surface area (Å²) in [5, 5.41) is 0. The van der Waals surface area contributed by atoms with Gasteiger partial charge in [0.05, 0.1) is 0 Å². The van der Waals surface area contributed by atoms with Crippen molar-refractivity contribution in [3.8, 4) is 0 Å². The SMILES string of the molecule is [BH4-].[BH4-].[BH4-].[BH4-].[Li+].[Sc+3]. The molecule has 0 aliphatic heterocycles. The van der Waals surface area contributed by atoms with E-state index in [1.807, 2.05) is 0 Å². The molecule has 32 valence electrons. The largest absolute Gasteiger partial charge is 3.00 e. The molecule has 0 aromatic carbocycles. The Labute approximate surface area is 77.9 Å². The summed E-state index contributed by atoms with van der Waals surface area (Å²) >= 11 is 0. The van der Waals surface area contributed by atoms with E-state index >= 15 is 0 Å². The van der Waals surface area contributed by atoms with Crippen LogP contribution in [0.2, 0.25) is 0 Å². The van der Waals surface area contributed by atoms with Crippen LogP contribution in [-0.2, 0) is 25.8 Å². The van der Waals surface area contributed by atoms with E-state index in [1.165, 1.54) is 0 Å². The molecule has 0 aliphatic carbocycles. The maximum absolute atomic E-state index is 0. The molecule has 6 heteroatoms. The van der Waals surface area contributed by atoms with E-state index in [0.29, 0.717) is 0 Å². The van der Waals surface area contributed by atoms with Gasteiger partial charge in [0, 0.05) is 0 Å². The molecule has 0 atom stereocenters. The number of hydrogen-bond donors (Lipinski definition) is 0. The first-order valence-electron chi connectivity index (χ1n) is 0. The van der Waals surface area contributed by atoms with Crippen LogP contribution >= 0.6 is 0 Å². The molecule has 0 fully saturated rings. The van der Waals surface area contributed by atoms with Gasteiger partial charge in [-0.1, -0.05) is 33.7 Å². The minimum atomic E-state index is 0. The molecule has 0 radical (unpaired) electrons. The van der Waals surface area contributed by atoms with Gasteiger partial charge in [0.25, 0.3) is 0 Å². The molecular formula is H16B4LiSc. The molecule has 0 aromatic rings. The zero-order valence-electron chi connectivity index (χ0n) is 1.58. The van der Waals surface area contributed by atoms with E-state index in [1.54, 1.807) is 0 Å². The van der Waals surface area contributed by atoms with Gasteiger partial charge < -0.3 is 0 Å². The zero-order chi connectivity index (χ0) is 0. The summed E-state index contributed by atoms with van der Waals surface area (Å²) in [4.78, 5) is 0. The molecule has 0 aliphatic rings. The zero-order valence-corrected chi connectivity index (χ0v) is 3.38. The summed E-state index contributed by atoms with van der Waals surface area (Å²) in [6.07, 6.45) is 0. The first kappa shape index (κ1) is 117. The van der Waals surface area contributed by atoms with Gasteiger partial charge in [-0.25, -0.2) is 0 Å². The van der Waals surface area contributed by atoms with Crippen LogP contribution in [0.15, 0.2) is 0 Å². The average Bonchev–Trinajstić information content (AvgIpc) is 0. The van der Waals surface area contributed by atoms with E-state index in [-0.39, 0.29) is 78.4 Å². The van der Waals surface area contributed by atoms with Crippen molar-refractivity contribution in [2.24, 2.45) is 0 Å². The predicted molar refractivity (Wildman–Crippen MR) is 45.3 cm³/mol. The van der Waals surface area contributed by atoms with Crippen molar-refractivity contribution in [1.82, 2.24) is 0 Å². The Hall–Kier alpha value is 1.73. The fourth-order valence-corrected chi connectivity index (χ4v) is 0. The third-order valence-corrected chi connectivity index (χ3v) is 0. The van der Waals surface area contributed by atoms with Crippen molar-refractivity contribution in [1.29, 1.82) is 0 Å². The van der Waals surface area contributed by atoms with Crippen LogP contribution in [0.5, 0.6) is 0 Å². The topological polar surface area (TPSA) is 0 Å². The van der Waals surface area contributed by atoms with Crippen LogP contribution < -0.4 is 18.9 Å². The molecule has 0 heterocycles. The minimum Gasteiger partial charge on any atom is -0.0626 e. The van der Waals surface area contributed by atoms with Crippen molar-refractivity contribution in [2.45, 2.75) is 0 Å². The van der Waals surface area contributed by atoms with Crippen LogP contribution in [0.3, 0.4) is 0 Å². The van der Waals surface area contributed by atoms with Crippen LogP contribution in [0.1, 0.15) is 0 Å². The van der Waals surface area contributed by atoms with E-state index in [2.05, 4.69) is 0 Å². The van der Waals surface area contributed by atoms with E-state index in [0.717, 1.165) is 0 Å². The van der Waals surface area contributed by atoms with Crippen LogP contribution in [0, 0.1) is 0 Å². The van der Waals surface area contributed by atoms with Crippen molar-refractivity contribution < 1.29 is 44.7 Å². The molecule has 0 aromatic heterocycles. The summed E-state index contributed by atoms with van der Waals surface area (Å²) < 4.78 is 0. The molecule has 0 N–H and O–H groups in total. The van der Waals surface area contributed by atoms with Crippen LogP contribution in [0.25, 0.3) is 0 Å². The van der Waals surface area contributed by atoms with Crippen LogP contribution in [0.4, 0.5) is 0 Å². The molecule has 0 bridgehead atoms. The number of rotatable bonds is 0. The molecule has 0 saturated carbocycles. The van der Waals surface area contributed by atoms with Gasteiger partial charge in [0.2, 0.25) is 0 Å². The fourth-order valence-electron chi connectivity index (χ4n) is 0. The minimum absolute atomic E-state index is 0. The van der Waals surface area contributed by atoms with Crippen molar-refractivity contribution in [2.75, 3.05) is 0 Å². The molecule has 0 spiro atoms. The second-order valence-electron chi connectivity index (χ2n) is 0. The molecule has 0 amide bonds. The van der Waals surface area contributed by atoms with E-state index in [4.69, 9.17) is 0 Å². The maximum atomic E-state index is 0. The molecule has 6 heavy (non-hydrogen) atoms. The van der Waals surface area contributed by atoms with E-state index in [9.17, 15) is 0 Å². The molecule has 0 rings (SSSR count). The van der Waals surface area contributed by atoms with Crippen LogP contribution in [-0.4, -0.2) is 33.7 Å². The predicted octanol–water partition coefficient (Wildman–Crippen LogP) is -8.80. The number of hydrogen-bond acceptors (Lipinski definition) is 0. The first-order valence-corrected chi connectivity index (χ1v) is 0. The Bertz CT molecular complexity index is 7.51. The molecule has 0 saturated heterocycles. The summed E-state index contributed by atoms with van der Waals surface area (Å²) in [5.41, 5.74) is 0. The Morgan fingerprint density at radius 1 is 0.500 bits per heavy atom. The maximum Gasteiger partial charge on any atom is 3.00 e. The van der Waals surface area contributed by atoms with Gasteiger partial charge in [-0.3, -0.25) is 0 Å². The Morgan fingerprint density at radius 2 is 0.500 bits per heavy atom. The molecule has 0 nitrogen and oxygen atoms in total. The van der Waals surface area contributed by atoms with Crippen molar-refractivity contribution in [3.05, 3.63) is 0 Å². The van der Waals surface area contributed by atoms with Gasteiger partial charge in [-0.2, -0.15) is 0 Å². The third kappa shape index (κ3) is 42.9. The molecular weight excluding hydrogens is 95.1 g/mol. The Kier molecular flexibility index (Phi) is 1440. The van der Waals surface area contributed by atoms with Gasteiger partial charge in [0.1, 0.15) is 0 Å². The summed E-state index contributed by atoms with van der Waals surface area (Å²) in [5.74, 6) is 0. The molecule has 0 unspecified atom stereocenters. The van der Waals surface area contributed by atoms with Crippen molar-refractivity contribution >= 4 is 33.7 Å². The average molecular weight is 111 g/mol. The van der Waals surface area contributed by atoms with E-state index < -0.39 is 0 Å². The summed E-state index contributed by atoms with van der Waals surface area (Å²) in [7, 11) is 0. The smallest absolute Gasteiger partial charge is 0.0626 e. The van der Waals surface area contributed by atoms with Gasteiger partial charge in [0.15, 0.2) is 0 Å². The normalized spacial score (nSPS) is 0. The third-order valence-electron chi connectivity index (χ3n) is 0. The second kappa shape index (κ2) is 74.0. The fraction of sp³-hybridized carbons (Fsp3) is 0. The Balaban J connectivity index is 0. The van der Waals surface area contributed by atoms with Gasteiger partial charge in [-0.15, -0.1) is 0 Å². The summed E-state index contributed by atoms with van der Waals surface area (Å²) in [6.45, 7) is 0. The monoisotopic (exact) mass is 112 g/mol. The Morgan fingerprint density at radius 3 is 0.500 bits per heavy atom. The second-order valence-corrected chi connectivity index (χ2v) is 0.